The molecular weight excluding hydrogens is 490 g/mol. The van der Waals surface area contributed by atoms with Crippen LogP contribution in [0, 0.1) is 6.92 Å². The molecule has 2 aliphatic rings. The van der Waals surface area contributed by atoms with Crippen LogP contribution in [-0.2, 0) is 16.1 Å². The Balaban J connectivity index is 1.27. The molecule has 3 aromatic rings. The van der Waals surface area contributed by atoms with E-state index in [-0.39, 0.29) is 30.4 Å². The van der Waals surface area contributed by atoms with Crippen molar-refractivity contribution in [2.75, 3.05) is 25.1 Å². The molecule has 0 aliphatic carbocycles. The number of anilines is 1. The van der Waals surface area contributed by atoms with E-state index in [1.165, 1.54) is 0 Å². The van der Waals surface area contributed by atoms with Crippen LogP contribution < -0.4 is 10.6 Å². The van der Waals surface area contributed by atoms with Crippen LogP contribution in [0.2, 0.25) is 5.02 Å². The van der Waals surface area contributed by atoms with E-state index in [9.17, 15) is 9.59 Å². The summed E-state index contributed by atoms with van der Waals surface area (Å²) in [6.45, 7) is 5.77. The van der Waals surface area contributed by atoms with Crippen LogP contribution in [0.15, 0.2) is 48.7 Å². The maximum atomic E-state index is 13.2. The fourth-order valence-electron chi connectivity index (χ4n) is 4.91. The van der Waals surface area contributed by atoms with Crippen molar-refractivity contribution < 1.29 is 14.3 Å². The van der Waals surface area contributed by atoms with E-state index in [2.05, 4.69) is 20.6 Å². The lowest BCUT2D eigenvalue weighted by Crippen LogP contribution is -2.38. The number of carbonyl (C=O) groups excluding carboxylic acids is 2. The molecule has 192 valence electrons. The molecule has 0 radical (unpaired) electrons. The van der Waals surface area contributed by atoms with Crippen LogP contribution in [0.4, 0.5) is 5.95 Å². The molecule has 5 rings (SSSR count). The first-order chi connectivity index (χ1) is 17.9. The molecule has 1 aromatic heterocycles. The normalized spacial score (nSPS) is 16.4. The summed E-state index contributed by atoms with van der Waals surface area (Å²) in [7, 11) is 0. The number of nitrogens with one attached hydrogen (secondary N) is 2. The van der Waals surface area contributed by atoms with Crippen LogP contribution in [0.3, 0.4) is 0 Å². The quantitative estimate of drug-likeness (QED) is 0.476. The maximum absolute atomic E-state index is 13.2. The number of benzene rings is 2. The lowest BCUT2D eigenvalue weighted by molar-refractivity contribution is -0.122. The van der Waals surface area contributed by atoms with Crippen LogP contribution in [-0.4, -0.2) is 52.5 Å². The Labute approximate surface area is 221 Å². The van der Waals surface area contributed by atoms with Gasteiger partial charge in [0, 0.05) is 36.9 Å². The van der Waals surface area contributed by atoms with Gasteiger partial charge in [-0.3, -0.25) is 9.59 Å². The van der Waals surface area contributed by atoms with E-state index in [0.717, 1.165) is 35.1 Å². The van der Waals surface area contributed by atoms with Crippen LogP contribution in [0.25, 0.3) is 11.3 Å². The number of nitrogens with zero attached hydrogens (tertiary/aromatic N) is 3. The third kappa shape index (κ3) is 5.60. The van der Waals surface area contributed by atoms with Crippen molar-refractivity contribution in [3.05, 3.63) is 75.9 Å². The van der Waals surface area contributed by atoms with Gasteiger partial charge in [0.15, 0.2) is 0 Å². The number of ether oxygens (including phenoxy) is 1. The van der Waals surface area contributed by atoms with Crippen molar-refractivity contribution in [3.63, 3.8) is 0 Å². The molecule has 2 amide bonds. The van der Waals surface area contributed by atoms with E-state index < -0.39 is 0 Å². The van der Waals surface area contributed by atoms with Crippen LogP contribution in [0.5, 0.6) is 0 Å². The zero-order valence-electron chi connectivity index (χ0n) is 21.0. The molecule has 3 heterocycles. The second-order valence-electron chi connectivity index (χ2n) is 9.60. The summed E-state index contributed by atoms with van der Waals surface area (Å²) in [6.07, 6.45) is 3.36. The van der Waals surface area contributed by atoms with Crippen LogP contribution in [0.1, 0.15) is 52.9 Å². The van der Waals surface area contributed by atoms with E-state index >= 15 is 0 Å². The van der Waals surface area contributed by atoms with Crippen molar-refractivity contribution in [2.45, 2.75) is 45.3 Å². The number of hydrogen-bond acceptors (Lipinski definition) is 6. The summed E-state index contributed by atoms with van der Waals surface area (Å²) in [5.41, 5.74) is 4.90. The first-order valence-electron chi connectivity index (χ1n) is 12.5. The lowest BCUT2D eigenvalue weighted by Gasteiger charge is -2.23. The number of aryl methyl sites for hydroxylation is 1. The molecule has 2 aromatic carbocycles. The van der Waals surface area contributed by atoms with Gasteiger partial charge in [0.2, 0.25) is 11.9 Å². The smallest absolute Gasteiger partial charge is 0.254 e. The molecule has 1 unspecified atom stereocenters. The largest absolute Gasteiger partial charge is 0.381 e. The topological polar surface area (TPSA) is 96.5 Å². The molecular formula is C28H30ClN5O3. The number of carbonyl (C=O) groups is 2. The van der Waals surface area contributed by atoms with Crippen molar-refractivity contribution in [1.29, 1.82) is 0 Å². The highest BCUT2D eigenvalue weighted by atomic mass is 35.5. The Kier molecular flexibility index (Phi) is 7.39. The summed E-state index contributed by atoms with van der Waals surface area (Å²) in [4.78, 5) is 36.5. The molecule has 0 spiro atoms. The summed E-state index contributed by atoms with van der Waals surface area (Å²) in [5, 5.41) is 6.78. The van der Waals surface area contributed by atoms with E-state index in [1.807, 2.05) is 50.2 Å². The van der Waals surface area contributed by atoms with E-state index in [4.69, 9.17) is 16.3 Å². The Hall–Kier alpha value is -3.49. The molecule has 8 nitrogen and oxygen atoms in total. The standard InChI is InChI=1S/C28H30ClN5O3/c1-17-5-3-4-6-22(17)18(2)31-25(35)16-34-15-20-8-7-19(13-23(20)27(34)36)26-24(29)14-30-28(33-26)32-21-9-11-37-12-10-21/h3-8,13-14,18,21H,9-12,15-16H2,1-2H3,(H,31,35)(H,30,32,33). The second-order valence-corrected chi connectivity index (χ2v) is 10.0. The fraction of sp³-hybridized carbons (Fsp3) is 0.357. The first-order valence-corrected chi connectivity index (χ1v) is 12.9. The molecule has 2 N–H and O–H groups in total. The fourth-order valence-corrected chi connectivity index (χ4v) is 5.11. The highest BCUT2D eigenvalue weighted by Gasteiger charge is 2.30. The van der Waals surface area contributed by atoms with Gasteiger partial charge in [-0.15, -0.1) is 0 Å². The van der Waals surface area contributed by atoms with Crippen molar-refractivity contribution in [1.82, 2.24) is 20.2 Å². The Morgan fingerprint density at radius 3 is 2.78 bits per heavy atom. The van der Waals surface area contributed by atoms with Gasteiger partial charge >= 0.3 is 0 Å². The first kappa shape index (κ1) is 25.2. The number of halogens is 1. The van der Waals surface area contributed by atoms with Gasteiger partial charge in [0.05, 0.1) is 23.0 Å². The molecule has 1 fully saturated rings. The molecule has 37 heavy (non-hydrogen) atoms. The highest BCUT2D eigenvalue weighted by Crippen LogP contribution is 2.31. The molecule has 2 aliphatic heterocycles. The van der Waals surface area contributed by atoms with Crippen molar-refractivity contribution in [2.24, 2.45) is 0 Å². The Bertz CT molecular complexity index is 1320. The van der Waals surface area contributed by atoms with Crippen molar-refractivity contribution >= 4 is 29.4 Å². The predicted molar refractivity (Wildman–Crippen MR) is 142 cm³/mol. The average Bonchev–Trinajstić information content (AvgIpc) is 3.20. The SMILES string of the molecule is Cc1ccccc1C(C)NC(=O)CN1Cc2ccc(-c3nc(NC4CCOCC4)ncc3Cl)cc2C1=O. The van der Waals surface area contributed by atoms with Crippen molar-refractivity contribution in [3.8, 4) is 11.3 Å². The summed E-state index contributed by atoms with van der Waals surface area (Å²) >= 11 is 6.45. The number of aromatic nitrogens is 2. The third-order valence-electron chi connectivity index (χ3n) is 6.93. The van der Waals surface area contributed by atoms with Gasteiger partial charge in [-0.1, -0.05) is 48.0 Å². The van der Waals surface area contributed by atoms with Gasteiger partial charge in [0.25, 0.3) is 5.91 Å². The average molecular weight is 520 g/mol. The molecule has 9 heteroatoms. The zero-order chi connectivity index (χ0) is 25.9. The summed E-state index contributed by atoms with van der Waals surface area (Å²) in [5.74, 6) is 0.125. The summed E-state index contributed by atoms with van der Waals surface area (Å²) in [6, 6.07) is 13.7. The maximum Gasteiger partial charge on any atom is 0.254 e. The molecule has 0 bridgehead atoms. The minimum Gasteiger partial charge on any atom is -0.381 e. The molecule has 0 saturated carbocycles. The molecule has 1 saturated heterocycles. The minimum absolute atomic E-state index is 0.00744. The third-order valence-corrected chi connectivity index (χ3v) is 7.20. The van der Waals surface area contributed by atoms with Gasteiger partial charge in [-0.25, -0.2) is 9.97 Å². The van der Waals surface area contributed by atoms with E-state index in [1.54, 1.807) is 17.2 Å². The Morgan fingerprint density at radius 1 is 1.22 bits per heavy atom. The van der Waals surface area contributed by atoms with Crippen LogP contribution >= 0.6 is 11.6 Å². The van der Waals surface area contributed by atoms with E-state index in [0.29, 0.717) is 42.0 Å². The number of fused-ring (bicyclic) bond motifs is 1. The number of rotatable bonds is 7. The summed E-state index contributed by atoms with van der Waals surface area (Å²) < 4.78 is 5.42. The minimum atomic E-state index is -0.195. The monoisotopic (exact) mass is 519 g/mol. The van der Waals surface area contributed by atoms with Gasteiger partial charge in [-0.2, -0.15) is 0 Å². The van der Waals surface area contributed by atoms with Gasteiger partial charge < -0.3 is 20.3 Å². The lowest BCUT2D eigenvalue weighted by atomic mass is 10.0. The zero-order valence-corrected chi connectivity index (χ0v) is 21.7. The van der Waals surface area contributed by atoms with Gasteiger partial charge in [0.1, 0.15) is 6.54 Å². The molecule has 1 atom stereocenters. The number of amides is 2. The Morgan fingerprint density at radius 2 is 2.00 bits per heavy atom. The number of hydrogen-bond donors (Lipinski definition) is 2. The predicted octanol–water partition coefficient (Wildman–Crippen LogP) is 4.53. The second kappa shape index (κ2) is 10.9. The van der Waals surface area contributed by atoms with Gasteiger partial charge in [-0.05, 0) is 49.4 Å². The highest BCUT2D eigenvalue weighted by molar-refractivity contribution is 6.33.